The number of nitrogens with zero attached hydrogens (tertiary/aromatic N) is 3. The number of amides is 1. The van der Waals surface area contributed by atoms with Crippen LogP contribution < -0.4 is 10.1 Å². The number of nitrogens with one attached hydrogen (secondary N) is 1. The maximum atomic E-state index is 12.4. The SMILES string of the molecule is COc1ccc(Br)c(C(=O)NCc2cncc(-c3cnn(C)c3)c2)c1. The molecular formula is C18H17BrN4O2. The van der Waals surface area contributed by atoms with Gasteiger partial charge in [0, 0.05) is 47.8 Å². The second-order valence-electron chi connectivity index (χ2n) is 5.51. The smallest absolute Gasteiger partial charge is 0.252 e. The lowest BCUT2D eigenvalue weighted by atomic mass is 10.1. The number of aryl methyl sites for hydroxylation is 1. The number of halogens is 1. The molecular weight excluding hydrogens is 384 g/mol. The van der Waals surface area contributed by atoms with E-state index in [2.05, 4.69) is 31.3 Å². The van der Waals surface area contributed by atoms with Crippen LogP contribution in [0.1, 0.15) is 15.9 Å². The molecule has 0 saturated heterocycles. The van der Waals surface area contributed by atoms with Crippen LogP contribution in [0.2, 0.25) is 0 Å². The van der Waals surface area contributed by atoms with E-state index in [1.165, 1.54) is 0 Å². The van der Waals surface area contributed by atoms with Gasteiger partial charge in [-0.3, -0.25) is 14.5 Å². The molecule has 2 aromatic heterocycles. The lowest BCUT2D eigenvalue weighted by Gasteiger charge is -2.09. The highest BCUT2D eigenvalue weighted by Crippen LogP contribution is 2.23. The van der Waals surface area contributed by atoms with Gasteiger partial charge >= 0.3 is 0 Å². The van der Waals surface area contributed by atoms with Gasteiger partial charge in [0.05, 0.1) is 18.9 Å². The minimum atomic E-state index is -0.183. The van der Waals surface area contributed by atoms with Crippen molar-refractivity contribution in [2.45, 2.75) is 6.54 Å². The van der Waals surface area contributed by atoms with Gasteiger partial charge < -0.3 is 10.1 Å². The van der Waals surface area contributed by atoms with Crippen LogP contribution in [0.15, 0.2) is 53.5 Å². The van der Waals surface area contributed by atoms with Gasteiger partial charge in [-0.25, -0.2) is 0 Å². The molecule has 7 heteroatoms. The fourth-order valence-corrected chi connectivity index (χ4v) is 2.82. The number of carbonyl (C=O) groups excluding carboxylic acids is 1. The van der Waals surface area contributed by atoms with Gasteiger partial charge in [-0.05, 0) is 45.8 Å². The Bertz CT molecular complexity index is 908. The predicted octanol–water partition coefficient (Wildman–Crippen LogP) is 3.18. The number of rotatable bonds is 5. The molecule has 0 saturated carbocycles. The highest BCUT2D eigenvalue weighted by molar-refractivity contribution is 9.10. The normalized spacial score (nSPS) is 10.5. The summed E-state index contributed by atoms with van der Waals surface area (Å²) in [6, 6.07) is 7.27. The van der Waals surface area contributed by atoms with Gasteiger partial charge in [-0.15, -0.1) is 0 Å². The van der Waals surface area contributed by atoms with E-state index >= 15 is 0 Å². The zero-order valence-corrected chi connectivity index (χ0v) is 15.4. The molecule has 0 spiro atoms. The Morgan fingerprint density at radius 2 is 2.08 bits per heavy atom. The first-order chi connectivity index (χ1) is 12.1. The van der Waals surface area contributed by atoms with E-state index < -0.39 is 0 Å². The first-order valence-electron chi connectivity index (χ1n) is 7.61. The van der Waals surface area contributed by atoms with Crippen LogP contribution in [0.25, 0.3) is 11.1 Å². The maximum absolute atomic E-state index is 12.4. The van der Waals surface area contributed by atoms with Crippen LogP contribution in [-0.4, -0.2) is 27.8 Å². The second kappa shape index (κ2) is 7.48. The van der Waals surface area contributed by atoms with Crippen molar-refractivity contribution in [1.29, 1.82) is 0 Å². The van der Waals surface area contributed by atoms with Crippen molar-refractivity contribution >= 4 is 21.8 Å². The average molecular weight is 401 g/mol. The molecule has 1 N–H and O–H groups in total. The van der Waals surface area contributed by atoms with Crippen LogP contribution in [0.5, 0.6) is 5.75 Å². The van der Waals surface area contributed by atoms with Crippen molar-refractivity contribution in [3.05, 3.63) is 64.7 Å². The molecule has 0 bridgehead atoms. The molecule has 1 aromatic carbocycles. The van der Waals surface area contributed by atoms with Gasteiger partial charge in [0.25, 0.3) is 5.91 Å². The van der Waals surface area contributed by atoms with Crippen molar-refractivity contribution in [3.63, 3.8) is 0 Å². The van der Waals surface area contributed by atoms with Crippen LogP contribution in [0.3, 0.4) is 0 Å². The van der Waals surface area contributed by atoms with Crippen molar-refractivity contribution in [3.8, 4) is 16.9 Å². The summed E-state index contributed by atoms with van der Waals surface area (Å²) in [7, 11) is 3.44. The minimum absolute atomic E-state index is 0.183. The topological polar surface area (TPSA) is 69.0 Å². The third kappa shape index (κ3) is 4.06. The molecule has 25 heavy (non-hydrogen) atoms. The molecule has 0 atom stereocenters. The summed E-state index contributed by atoms with van der Waals surface area (Å²) >= 11 is 3.39. The number of aromatic nitrogens is 3. The first kappa shape index (κ1) is 17.2. The number of ether oxygens (including phenoxy) is 1. The lowest BCUT2D eigenvalue weighted by Crippen LogP contribution is -2.23. The number of hydrogen-bond acceptors (Lipinski definition) is 4. The quantitative estimate of drug-likeness (QED) is 0.713. The highest BCUT2D eigenvalue weighted by Gasteiger charge is 2.11. The Morgan fingerprint density at radius 1 is 1.24 bits per heavy atom. The van der Waals surface area contributed by atoms with Gasteiger partial charge in [0.1, 0.15) is 5.75 Å². The Labute approximate surface area is 154 Å². The Hall–Kier alpha value is -2.67. The summed E-state index contributed by atoms with van der Waals surface area (Å²) in [6.45, 7) is 0.379. The molecule has 3 rings (SSSR count). The highest BCUT2D eigenvalue weighted by atomic mass is 79.9. The third-order valence-corrected chi connectivity index (χ3v) is 4.40. The Kier molecular flexibility index (Phi) is 5.14. The van der Waals surface area contributed by atoms with E-state index in [1.807, 2.05) is 19.3 Å². The van der Waals surface area contributed by atoms with Gasteiger partial charge in [0.15, 0.2) is 0 Å². The first-order valence-corrected chi connectivity index (χ1v) is 8.41. The lowest BCUT2D eigenvalue weighted by molar-refractivity contribution is 0.0949. The zero-order valence-electron chi connectivity index (χ0n) is 13.9. The molecule has 2 heterocycles. The van der Waals surface area contributed by atoms with E-state index in [-0.39, 0.29) is 5.91 Å². The molecule has 6 nitrogen and oxygen atoms in total. The monoisotopic (exact) mass is 400 g/mol. The van der Waals surface area contributed by atoms with Gasteiger partial charge in [0.2, 0.25) is 0 Å². The van der Waals surface area contributed by atoms with E-state index in [9.17, 15) is 4.79 Å². The molecule has 0 radical (unpaired) electrons. The summed E-state index contributed by atoms with van der Waals surface area (Å²) in [4.78, 5) is 16.7. The summed E-state index contributed by atoms with van der Waals surface area (Å²) in [5, 5.41) is 7.07. The Balaban J connectivity index is 1.72. The van der Waals surface area contributed by atoms with E-state index in [0.29, 0.717) is 22.3 Å². The molecule has 0 aliphatic carbocycles. The molecule has 0 aliphatic rings. The standard InChI is InChI=1S/C18H17BrN4O2/c1-23-11-14(10-22-23)13-5-12(7-20-9-13)8-21-18(24)16-6-15(25-2)3-4-17(16)19/h3-7,9-11H,8H2,1-2H3,(H,21,24). The third-order valence-electron chi connectivity index (χ3n) is 3.70. The van der Waals surface area contributed by atoms with Crippen molar-refractivity contribution in [2.24, 2.45) is 7.05 Å². The summed E-state index contributed by atoms with van der Waals surface area (Å²) in [6.07, 6.45) is 7.22. The van der Waals surface area contributed by atoms with Crippen LogP contribution in [0, 0.1) is 0 Å². The van der Waals surface area contributed by atoms with E-state index in [4.69, 9.17) is 4.74 Å². The van der Waals surface area contributed by atoms with Crippen LogP contribution in [0.4, 0.5) is 0 Å². The molecule has 0 unspecified atom stereocenters. The molecule has 0 aliphatic heterocycles. The zero-order chi connectivity index (χ0) is 17.8. The van der Waals surface area contributed by atoms with Crippen molar-refractivity contribution < 1.29 is 9.53 Å². The number of benzene rings is 1. The number of methoxy groups -OCH3 is 1. The van der Waals surface area contributed by atoms with E-state index in [0.717, 1.165) is 16.7 Å². The molecule has 0 fully saturated rings. The van der Waals surface area contributed by atoms with Gasteiger partial charge in [-0.2, -0.15) is 5.10 Å². The minimum Gasteiger partial charge on any atom is -0.497 e. The summed E-state index contributed by atoms with van der Waals surface area (Å²) in [5.74, 6) is 0.450. The van der Waals surface area contributed by atoms with Crippen LogP contribution >= 0.6 is 15.9 Å². The maximum Gasteiger partial charge on any atom is 0.252 e. The van der Waals surface area contributed by atoms with Crippen molar-refractivity contribution in [2.75, 3.05) is 7.11 Å². The molecule has 128 valence electrons. The number of pyridine rings is 1. The van der Waals surface area contributed by atoms with Gasteiger partial charge in [-0.1, -0.05) is 0 Å². The van der Waals surface area contributed by atoms with Crippen LogP contribution in [-0.2, 0) is 13.6 Å². The number of hydrogen-bond donors (Lipinski definition) is 1. The fraction of sp³-hybridized carbons (Fsp3) is 0.167. The largest absolute Gasteiger partial charge is 0.497 e. The average Bonchev–Trinajstić information content (AvgIpc) is 3.07. The van der Waals surface area contributed by atoms with E-state index in [1.54, 1.807) is 48.6 Å². The second-order valence-corrected chi connectivity index (χ2v) is 6.37. The van der Waals surface area contributed by atoms with Crippen molar-refractivity contribution in [1.82, 2.24) is 20.1 Å². The molecule has 3 aromatic rings. The number of carbonyl (C=O) groups is 1. The Morgan fingerprint density at radius 3 is 2.80 bits per heavy atom. The molecule has 1 amide bonds. The summed E-state index contributed by atoms with van der Waals surface area (Å²) in [5.41, 5.74) is 3.38. The summed E-state index contributed by atoms with van der Waals surface area (Å²) < 4.78 is 7.63. The fourth-order valence-electron chi connectivity index (χ4n) is 2.40. The predicted molar refractivity (Wildman–Crippen MR) is 98.3 cm³/mol.